The Labute approximate surface area is 118 Å². The van der Waals surface area contributed by atoms with Gasteiger partial charge in [0.1, 0.15) is 17.4 Å². The van der Waals surface area contributed by atoms with E-state index in [0.717, 1.165) is 16.5 Å². The molecule has 0 aliphatic heterocycles. The molecule has 0 fully saturated rings. The standard InChI is InChI=1S/C15H20N2OS/c1-10(2)12-4-6-13(7-5-12)18-8-15-17-14(9-19-15)11(3)16/h4-7,9-11H,8,16H2,1-3H3. The summed E-state index contributed by atoms with van der Waals surface area (Å²) in [6, 6.07) is 8.21. The highest BCUT2D eigenvalue weighted by atomic mass is 32.1. The first kappa shape index (κ1) is 14.0. The normalized spacial score (nSPS) is 12.7. The Kier molecular flexibility index (Phi) is 4.56. The van der Waals surface area contributed by atoms with E-state index in [-0.39, 0.29) is 6.04 Å². The zero-order valence-electron chi connectivity index (χ0n) is 11.6. The molecule has 2 N–H and O–H groups in total. The molecular weight excluding hydrogens is 256 g/mol. The van der Waals surface area contributed by atoms with Crippen LogP contribution < -0.4 is 10.5 Å². The van der Waals surface area contributed by atoms with Crippen LogP contribution in [0, 0.1) is 0 Å². The third-order valence-corrected chi connectivity index (χ3v) is 3.79. The third kappa shape index (κ3) is 3.78. The predicted molar refractivity (Wildman–Crippen MR) is 79.6 cm³/mol. The molecule has 1 atom stereocenters. The van der Waals surface area contributed by atoms with Gasteiger partial charge < -0.3 is 10.5 Å². The summed E-state index contributed by atoms with van der Waals surface area (Å²) in [6.45, 7) is 6.80. The van der Waals surface area contributed by atoms with E-state index in [1.807, 2.05) is 24.4 Å². The van der Waals surface area contributed by atoms with Crippen LogP contribution >= 0.6 is 11.3 Å². The SMILES string of the molecule is CC(C)c1ccc(OCc2nc(C(C)N)cs2)cc1. The summed E-state index contributed by atoms with van der Waals surface area (Å²) < 4.78 is 5.73. The van der Waals surface area contributed by atoms with Crippen molar-refractivity contribution < 1.29 is 4.74 Å². The van der Waals surface area contributed by atoms with Crippen LogP contribution in [0.1, 0.15) is 49.0 Å². The van der Waals surface area contributed by atoms with Crippen LogP contribution in [0.4, 0.5) is 0 Å². The van der Waals surface area contributed by atoms with E-state index in [2.05, 4.69) is 31.0 Å². The van der Waals surface area contributed by atoms with Crippen LogP contribution in [-0.4, -0.2) is 4.98 Å². The summed E-state index contributed by atoms with van der Waals surface area (Å²) in [5.74, 6) is 1.42. The van der Waals surface area contributed by atoms with Crippen molar-refractivity contribution in [1.82, 2.24) is 4.98 Å². The van der Waals surface area contributed by atoms with Gasteiger partial charge in [-0.05, 0) is 30.5 Å². The van der Waals surface area contributed by atoms with Crippen molar-refractivity contribution >= 4 is 11.3 Å². The molecule has 0 saturated carbocycles. The summed E-state index contributed by atoms with van der Waals surface area (Å²) >= 11 is 1.59. The number of benzene rings is 1. The minimum absolute atomic E-state index is 0.0182. The number of ether oxygens (including phenoxy) is 1. The average Bonchev–Trinajstić information content (AvgIpc) is 2.86. The van der Waals surface area contributed by atoms with Crippen LogP contribution in [0.25, 0.3) is 0 Å². The molecule has 3 nitrogen and oxygen atoms in total. The van der Waals surface area contributed by atoms with Gasteiger partial charge in [-0.15, -0.1) is 11.3 Å². The van der Waals surface area contributed by atoms with Crippen molar-refractivity contribution in [2.24, 2.45) is 5.73 Å². The molecule has 102 valence electrons. The fraction of sp³-hybridized carbons (Fsp3) is 0.400. The summed E-state index contributed by atoms with van der Waals surface area (Å²) in [6.07, 6.45) is 0. The number of hydrogen-bond acceptors (Lipinski definition) is 4. The van der Waals surface area contributed by atoms with E-state index in [9.17, 15) is 0 Å². The van der Waals surface area contributed by atoms with Gasteiger partial charge in [-0.3, -0.25) is 0 Å². The van der Waals surface area contributed by atoms with Crippen LogP contribution in [0.3, 0.4) is 0 Å². The van der Waals surface area contributed by atoms with Crippen molar-refractivity contribution in [3.05, 3.63) is 45.9 Å². The zero-order chi connectivity index (χ0) is 13.8. The lowest BCUT2D eigenvalue weighted by atomic mass is 10.0. The summed E-state index contributed by atoms with van der Waals surface area (Å²) in [5.41, 5.74) is 8.03. The van der Waals surface area contributed by atoms with Crippen LogP contribution in [0.2, 0.25) is 0 Å². The van der Waals surface area contributed by atoms with Crippen LogP contribution in [-0.2, 0) is 6.61 Å². The number of hydrogen-bond donors (Lipinski definition) is 1. The van der Waals surface area contributed by atoms with Gasteiger partial charge in [-0.25, -0.2) is 4.98 Å². The Bertz CT molecular complexity index is 517. The Morgan fingerprint density at radius 1 is 1.21 bits per heavy atom. The number of nitrogens with zero attached hydrogens (tertiary/aromatic N) is 1. The minimum Gasteiger partial charge on any atom is -0.486 e. The quantitative estimate of drug-likeness (QED) is 0.902. The second-order valence-electron chi connectivity index (χ2n) is 4.97. The molecule has 2 aromatic rings. The number of rotatable bonds is 5. The fourth-order valence-electron chi connectivity index (χ4n) is 1.69. The second-order valence-corrected chi connectivity index (χ2v) is 5.91. The maximum Gasteiger partial charge on any atom is 0.140 e. The van der Waals surface area contributed by atoms with E-state index < -0.39 is 0 Å². The number of nitrogens with two attached hydrogens (primary N) is 1. The van der Waals surface area contributed by atoms with Gasteiger partial charge in [0, 0.05) is 11.4 Å². The van der Waals surface area contributed by atoms with Crippen molar-refractivity contribution in [2.75, 3.05) is 0 Å². The summed E-state index contributed by atoms with van der Waals surface area (Å²) in [5, 5.41) is 2.95. The molecule has 1 heterocycles. The molecule has 0 bridgehead atoms. The Morgan fingerprint density at radius 2 is 1.89 bits per heavy atom. The smallest absolute Gasteiger partial charge is 0.140 e. The molecule has 0 saturated heterocycles. The molecule has 0 radical (unpaired) electrons. The lowest BCUT2D eigenvalue weighted by Gasteiger charge is -2.07. The highest BCUT2D eigenvalue weighted by Gasteiger charge is 2.06. The number of thiazole rings is 1. The van der Waals surface area contributed by atoms with Gasteiger partial charge in [0.05, 0.1) is 5.69 Å². The maximum atomic E-state index is 5.78. The molecule has 1 aromatic heterocycles. The van der Waals surface area contributed by atoms with Gasteiger partial charge in [-0.2, -0.15) is 0 Å². The summed E-state index contributed by atoms with van der Waals surface area (Å²) in [7, 11) is 0. The molecule has 1 unspecified atom stereocenters. The first-order valence-electron chi connectivity index (χ1n) is 6.49. The topological polar surface area (TPSA) is 48.1 Å². The van der Waals surface area contributed by atoms with E-state index in [4.69, 9.17) is 10.5 Å². The van der Waals surface area contributed by atoms with E-state index >= 15 is 0 Å². The van der Waals surface area contributed by atoms with Gasteiger partial charge in [0.25, 0.3) is 0 Å². The van der Waals surface area contributed by atoms with Crippen molar-refractivity contribution in [3.63, 3.8) is 0 Å². The highest BCUT2D eigenvalue weighted by molar-refractivity contribution is 7.09. The molecule has 4 heteroatoms. The van der Waals surface area contributed by atoms with Crippen molar-refractivity contribution in [3.8, 4) is 5.75 Å². The van der Waals surface area contributed by atoms with Crippen LogP contribution in [0.15, 0.2) is 29.6 Å². The van der Waals surface area contributed by atoms with E-state index in [1.54, 1.807) is 11.3 Å². The molecule has 0 spiro atoms. The molecular formula is C15H20N2OS. The Balaban J connectivity index is 1.94. The Morgan fingerprint density at radius 3 is 2.42 bits per heavy atom. The van der Waals surface area contributed by atoms with Gasteiger partial charge in [0.15, 0.2) is 0 Å². The van der Waals surface area contributed by atoms with E-state index in [0.29, 0.717) is 12.5 Å². The molecule has 19 heavy (non-hydrogen) atoms. The monoisotopic (exact) mass is 276 g/mol. The third-order valence-electron chi connectivity index (χ3n) is 2.95. The van der Waals surface area contributed by atoms with Crippen molar-refractivity contribution in [1.29, 1.82) is 0 Å². The van der Waals surface area contributed by atoms with Gasteiger partial charge in [-0.1, -0.05) is 26.0 Å². The molecule has 1 aromatic carbocycles. The molecule has 0 aliphatic rings. The van der Waals surface area contributed by atoms with Gasteiger partial charge in [0.2, 0.25) is 0 Å². The lowest BCUT2D eigenvalue weighted by Crippen LogP contribution is -2.05. The molecule has 2 rings (SSSR count). The largest absolute Gasteiger partial charge is 0.486 e. The number of aromatic nitrogens is 1. The van der Waals surface area contributed by atoms with Crippen molar-refractivity contribution in [2.45, 2.75) is 39.3 Å². The molecule has 0 aliphatic carbocycles. The summed E-state index contributed by atoms with van der Waals surface area (Å²) in [4.78, 5) is 4.44. The highest BCUT2D eigenvalue weighted by Crippen LogP contribution is 2.20. The maximum absolute atomic E-state index is 5.78. The first-order chi connectivity index (χ1) is 9.06. The zero-order valence-corrected chi connectivity index (χ0v) is 12.4. The Hall–Kier alpha value is -1.39. The van der Waals surface area contributed by atoms with E-state index in [1.165, 1.54) is 5.56 Å². The first-order valence-corrected chi connectivity index (χ1v) is 7.37. The predicted octanol–water partition coefficient (Wildman–Crippen LogP) is 3.87. The second kappa shape index (κ2) is 6.17. The fourth-order valence-corrected chi connectivity index (χ4v) is 2.50. The van der Waals surface area contributed by atoms with Gasteiger partial charge >= 0.3 is 0 Å². The molecule has 0 amide bonds. The minimum atomic E-state index is -0.0182. The lowest BCUT2D eigenvalue weighted by molar-refractivity contribution is 0.305. The van der Waals surface area contributed by atoms with Crippen LogP contribution in [0.5, 0.6) is 5.75 Å². The average molecular weight is 276 g/mol.